The molecule has 0 spiro atoms. The van der Waals surface area contributed by atoms with Crippen molar-refractivity contribution in [2.75, 3.05) is 0 Å². The summed E-state index contributed by atoms with van der Waals surface area (Å²) in [5.41, 5.74) is 4.79. The molecule has 1 amide bonds. The van der Waals surface area contributed by atoms with Gasteiger partial charge in [-0.3, -0.25) is 10.1 Å². The first-order valence-corrected chi connectivity index (χ1v) is 11.9. The number of amides is 1. The maximum Gasteiger partial charge on any atom is 0.407 e. The van der Waals surface area contributed by atoms with Crippen LogP contribution >= 0.6 is 11.6 Å². The van der Waals surface area contributed by atoms with Gasteiger partial charge in [0.1, 0.15) is 11.3 Å². The highest BCUT2D eigenvalue weighted by atomic mass is 35.5. The molecule has 1 aliphatic rings. The Balaban J connectivity index is 1.57. The van der Waals surface area contributed by atoms with Crippen molar-refractivity contribution in [1.82, 2.24) is 20.5 Å². The fourth-order valence-corrected chi connectivity index (χ4v) is 4.61. The summed E-state index contributed by atoms with van der Waals surface area (Å²) >= 11 is 6.11. The minimum absolute atomic E-state index is 0.118. The molecular formula is C26H31ClN4O2. The highest BCUT2D eigenvalue weighted by molar-refractivity contribution is 6.30. The molecule has 1 aromatic carbocycles. The number of aromatic nitrogens is 3. The predicted molar refractivity (Wildman–Crippen MR) is 131 cm³/mol. The van der Waals surface area contributed by atoms with E-state index in [-0.39, 0.29) is 12.1 Å². The number of hydrogen-bond donors (Lipinski definition) is 2. The Morgan fingerprint density at radius 1 is 1.03 bits per heavy atom. The van der Waals surface area contributed by atoms with Gasteiger partial charge in [0.2, 0.25) is 0 Å². The fraction of sp³-hybridized carbons (Fsp3) is 0.423. The van der Waals surface area contributed by atoms with Gasteiger partial charge < -0.3 is 10.1 Å². The number of ether oxygens (including phenoxy) is 1. The van der Waals surface area contributed by atoms with Crippen LogP contribution in [0.3, 0.4) is 0 Å². The van der Waals surface area contributed by atoms with E-state index in [9.17, 15) is 4.79 Å². The van der Waals surface area contributed by atoms with Crippen LogP contribution in [0.5, 0.6) is 0 Å². The molecule has 2 heterocycles. The molecular weight excluding hydrogens is 436 g/mol. The third-order valence-corrected chi connectivity index (χ3v) is 6.23. The van der Waals surface area contributed by atoms with E-state index in [1.54, 1.807) is 0 Å². The zero-order valence-electron chi connectivity index (χ0n) is 19.4. The molecule has 2 atom stereocenters. The Labute approximate surface area is 200 Å². The lowest BCUT2D eigenvalue weighted by molar-refractivity contribution is 0.0499. The quantitative estimate of drug-likeness (QED) is 0.417. The largest absolute Gasteiger partial charge is 0.444 e. The number of rotatable bonds is 4. The fourth-order valence-electron chi connectivity index (χ4n) is 4.49. The molecule has 2 aromatic heterocycles. The summed E-state index contributed by atoms with van der Waals surface area (Å²) in [6.07, 6.45) is 8.14. The van der Waals surface area contributed by atoms with Crippen molar-refractivity contribution >= 4 is 17.7 Å². The number of carbonyl (C=O) groups is 1. The second-order valence-corrected chi connectivity index (χ2v) is 10.1. The molecule has 1 saturated carbocycles. The normalized spacial score (nSPS) is 19.0. The molecule has 0 saturated heterocycles. The maximum atomic E-state index is 12.2. The van der Waals surface area contributed by atoms with Crippen molar-refractivity contribution in [2.45, 2.75) is 70.4 Å². The Hall–Kier alpha value is -2.86. The molecule has 1 fully saturated rings. The molecule has 33 heavy (non-hydrogen) atoms. The number of benzene rings is 1. The van der Waals surface area contributed by atoms with Crippen molar-refractivity contribution in [3.63, 3.8) is 0 Å². The maximum absolute atomic E-state index is 12.2. The molecule has 2 N–H and O–H groups in total. The van der Waals surface area contributed by atoms with Crippen LogP contribution in [0.1, 0.15) is 64.5 Å². The van der Waals surface area contributed by atoms with Crippen LogP contribution in [0.25, 0.3) is 22.4 Å². The zero-order valence-corrected chi connectivity index (χ0v) is 20.2. The minimum atomic E-state index is -0.495. The number of nitrogens with one attached hydrogen (secondary N) is 2. The first-order chi connectivity index (χ1) is 15.8. The van der Waals surface area contributed by atoms with Gasteiger partial charge in [0, 0.05) is 46.2 Å². The Morgan fingerprint density at radius 3 is 2.45 bits per heavy atom. The van der Waals surface area contributed by atoms with E-state index < -0.39 is 5.60 Å². The van der Waals surface area contributed by atoms with Gasteiger partial charge >= 0.3 is 6.09 Å². The van der Waals surface area contributed by atoms with Gasteiger partial charge in [0.05, 0.1) is 0 Å². The Bertz CT molecular complexity index is 1070. The van der Waals surface area contributed by atoms with E-state index in [0.717, 1.165) is 60.2 Å². The number of pyridine rings is 1. The molecule has 7 heteroatoms. The van der Waals surface area contributed by atoms with Gasteiger partial charge in [-0.25, -0.2) is 4.79 Å². The highest BCUT2D eigenvalue weighted by Crippen LogP contribution is 2.41. The van der Waals surface area contributed by atoms with Crippen LogP contribution in [0.4, 0.5) is 4.79 Å². The van der Waals surface area contributed by atoms with Crippen molar-refractivity contribution in [3.05, 3.63) is 59.5 Å². The number of nitrogens with zero attached hydrogens (tertiary/aromatic N) is 2. The van der Waals surface area contributed by atoms with Crippen molar-refractivity contribution in [1.29, 1.82) is 0 Å². The number of halogens is 1. The average molecular weight is 467 g/mol. The summed E-state index contributed by atoms with van der Waals surface area (Å²) in [6.45, 7) is 5.65. The first kappa shape index (κ1) is 23.3. The summed E-state index contributed by atoms with van der Waals surface area (Å²) in [6, 6.07) is 11.9. The Kier molecular flexibility index (Phi) is 7.03. The standard InChI is InChI=1S/C26H31ClN4O2/c1-26(2,3)33-25(32)29-21-6-4-5-18(9-12-21)23-22(17-13-15-28-16-14-17)24(31-30-23)19-7-10-20(27)11-8-19/h7-8,10-11,13-16,18,21H,4-6,9,12H2,1-3H3,(H,29,32)(H,30,31). The van der Waals surface area contributed by atoms with Crippen LogP contribution < -0.4 is 5.32 Å². The SMILES string of the molecule is CC(C)(C)OC(=O)NC1CCCC(c2[nH]nc(-c3ccc(Cl)cc3)c2-c2ccncc2)CC1. The average Bonchev–Trinajstić information content (AvgIpc) is 3.08. The molecule has 0 radical (unpaired) electrons. The number of carbonyl (C=O) groups excluding carboxylic acids is 1. The molecule has 0 bridgehead atoms. The van der Waals surface area contributed by atoms with Crippen molar-refractivity contribution in [2.24, 2.45) is 0 Å². The molecule has 174 valence electrons. The van der Waals surface area contributed by atoms with Gasteiger partial charge in [-0.2, -0.15) is 5.10 Å². The van der Waals surface area contributed by atoms with Crippen LogP contribution in [-0.4, -0.2) is 32.9 Å². The number of H-pyrrole nitrogens is 1. The molecule has 4 rings (SSSR count). The van der Waals surface area contributed by atoms with Gasteiger partial charge in [-0.05, 0) is 76.3 Å². The molecule has 6 nitrogen and oxygen atoms in total. The summed E-state index contributed by atoms with van der Waals surface area (Å²) in [5, 5.41) is 11.8. The summed E-state index contributed by atoms with van der Waals surface area (Å²) in [4.78, 5) is 16.4. The smallest absolute Gasteiger partial charge is 0.407 e. The molecule has 1 aliphatic carbocycles. The second-order valence-electron chi connectivity index (χ2n) is 9.65. The van der Waals surface area contributed by atoms with Crippen LogP contribution in [0.2, 0.25) is 5.02 Å². The van der Waals surface area contributed by atoms with Crippen LogP contribution in [-0.2, 0) is 4.74 Å². The lowest BCUT2D eigenvalue weighted by Gasteiger charge is -2.23. The van der Waals surface area contributed by atoms with Crippen LogP contribution in [0.15, 0.2) is 48.8 Å². The van der Waals surface area contributed by atoms with E-state index in [4.69, 9.17) is 21.4 Å². The lowest BCUT2D eigenvalue weighted by Crippen LogP contribution is -2.38. The Morgan fingerprint density at radius 2 is 1.76 bits per heavy atom. The predicted octanol–water partition coefficient (Wildman–Crippen LogP) is 6.73. The van der Waals surface area contributed by atoms with E-state index in [2.05, 4.69) is 15.4 Å². The first-order valence-electron chi connectivity index (χ1n) is 11.5. The number of alkyl carbamates (subject to hydrolysis) is 1. The molecule has 2 unspecified atom stereocenters. The van der Waals surface area contributed by atoms with Gasteiger partial charge in [-0.15, -0.1) is 0 Å². The monoisotopic (exact) mass is 466 g/mol. The minimum Gasteiger partial charge on any atom is -0.444 e. The third-order valence-electron chi connectivity index (χ3n) is 5.98. The van der Waals surface area contributed by atoms with E-state index in [0.29, 0.717) is 10.9 Å². The molecule has 3 aromatic rings. The summed E-state index contributed by atoms with van der Waals surface area (Å²) in [5.74, 6) is 0.326. The summed E-state index contributed by atoms with van der Waals surface area (Å²) in [7, 11) is 0. The van der Waals surface area contributed by atoms with E-state index in [1.165, 1.54) is 0 Å². The molecule has 0 aliphatic heterocycles. The summed E-state index contributed by atoms with van der Waals surface area (Å²) < 4.78 is 5.45. The van der Waals surface area contributed by atoms with Crippen molar-refractivity contribution < 1.29 is 9.53 Å². The van der Waals surface area contributed by atoms with Crippen molar-refractivity contribution in [3.8, 4) is 22.4 Å². The highest BCUT2D eigenvalue weighted by Gasteiger charge is 2.28. The van der Waals surface area contributed by atoms with Gasteiger partial charge in [0.25, 0.3) is 0 Å². The zero-order chi connectivity index (χ0) is 23.4. The van der Waals surface area contributed by atoms with E-state index >= 15 is 0 Å². The number of hydrogen-bond acceptors (Lipinski definition) is 4. The lowest BCUT2D eigenvalue weighted by atomic mass is 9.89. The number of aromatic amines is 1. The van der Waals surface area contributed by atoms with Gasteiger partial charge in [-0.1, -0.05) is 30.2 Å². The topological polar surface area (TPSA) is 79.9 Å². The third kappa shape index (κ3) is 5.93. The van der Waals surface area contributed by atoms with E-state index in [1.807, 2.05) is 69.6 Å². The van der Waals surface area contributed by atoms with Gasteiger partial charge in [0.15, 0.2) is 0 Å². The van der Waals surface area contributed by atoms with Crippen LogP contribution in [0, 0.1) is 0 Å². The second kappa shape index (κ2) is 9.96.